The van der Waals surface area contributed by atoms with Crippen LogP contribution in [-0.4, -0.2) is 24.2 Å². The summed E-state index contributed by atoms with van der Waals surface area (Å²) < 4.78 is 5.38. The van der Waals surface area contributed by atoms with Gasteiger partial charge < -0.3 is 10.1 Å². The molecule has 0 aliphatic carbocycles. The number of benzene rings is 1. The Morgan fingerprint density at radius 1 is 1.12 bits per heavy atom. The zero-order chi connectivity index (χ0) is 17.6. The molecule has 0 aromatic heterocycles. The molecule has 0 atom stereocenters. The molecule has 0 bridgehead atoms. The van der Waals surface area contributed by atoms with Gasteiger partial charge in [-0.1, -0.05) is 44.7 Å². The second-order valence-electron chi connectivity index (χ2n) is 5.49. The summed E-state index contributed by atoms with van der Waals surface area (Å²) in [7, 11) is 0. The third-order valence-electron chi connectivity index (χ3n) is 3.42. The molecule has 1 aromatic rings. The largest absolute Gasteiger partial charge is 0.494 e. The third kappa shape index (κ3) is 9.30. The fraction of sp³-hybridized carbons (Fsp3) is 0.474. The van der Waals surface area contributed by atoms with Gasteiger partial charge in [0, 0.05) is 12.6 Å². The first-order chi connectivity index (χ1) is 11.7. The normalized spacial score (nSPS) is 10.6. The van der Waals surface area contributed by atoms with Crippen LogP contribution >= 0.6 is 12.2 Å². The molecular formula is C19H28N2O2S. The lowest BCUT2D eigenvalue weighted by Gasteiger charge is -2.07. The minimum atomic E-state index is -0.229. The Morgan fingerprint density at radius 2 is 1.83 bits per heavy atom. The predicted molar refractivity (Wildman–Crippen MR) is 104 cm³/mol. The highest BCUT2D eigenvalue weighted by atomic mass is 32.1. The van der Waals surface area contributed by atoms with Crippen molar-refractivity contribution in [2.24, 2.45) is 0 Å². The quantitative estimate of drug-likeness (QED) is 0.380. The number of carbonyl (C=O) groups excluding carboxylic acids is 1. The molecule has 0 fully saturated rings. The molecule has 0 unspecified atom stereocenters. The summed E-state index contributed by atoms with van der Waals surface area (Å²) in [5.41, 5.74) is 0.934. The summed E-state index contributed by atoms with van der Waals surface area (Å²) in [4.78, 5) is 11.8. The molecule has 1 rings (SSSR count). The molecule has 0 radical (unpaired) electrons. The summed E-state index contributed by atoms with van der Waals surface area (Å²) in [6.45, 7) is 5.58. The van der Waals surface area contributed by atoms with Crippen molar-refractivity contribution in [3.05, 3.63) is 35.9 Å². The number of unbranched alkanes of at least 4 members (excludes halogenated alkanes) is 4. The highest BCUT2D eigenvalue weighted by Crippen LogP contribution is 2.12. The standard InChI is InChI=1S/C19H28N2O2S/c1-3-5-6-7-8-15-20-19(24)21-18(22)14-11-16-9-12-17(13-10-16)23-4-2/h9-14H,3-8,15H2,1-2H3,(H2,20,21,22,24)/b14-11+. The van der Waals surface area contributed by atoms with Crippen LogP contribution in [0.5, 0.6) is 5.75 Å². The monoisotopic (exact) mass is 348 g/mol. The third-order valence-corrected chi connectivity index (χ3v) is 3.67. The van der Waals surface area contributed by atoms with Gasteiger partial charge in [0.2, 0.25) is 5.91 Å². The fourth-order valence-electron chi connectivity index (χ4n) is 2.14. The number of rotatable bonds is 10. The molecule has 1 amide bonds. The van der Waals surface area contributed by atoms with Gasteiger partial charge in [0.25, 0.3) is 0 Å². The van der Waals surface area contributed by atoms with Crippen molar-refractivity contribution in [3.63, 3.8) is 0 Å². The van der Waals surface area contributed by atoms with E-state index in [1.807, 2.05) is 31.2 Å². The van der Waals surface area contributed by atoms with E-state index in [0.717, 1.165) is 24.3 Å². The zero-order valence-electron chi connectivity index (χ0n) is 14.6. The number of ether oxygens (including phenoxy) is 1. The molecule has 0 aliphatic heterocycles. The van der Waals surface area contributed by atoms with Gasteiger partial charge in [-0.05, 0) is 49.3 Å². The van der Waals surface area contributed by atoms with Crippen molar-refractivity contribution in [2.45, 2.75) is 46.0 Å². The van der Waals surface area contributed by atoms with Crippen molar-refractivity contribution >= 4 is 29.3 Å². The van der Waals surface area contributed by atoms with Gasteiger partial charge in [-0.2, -0.15) is 0 Å². The van der Waals surface area contributed by atoms with E-state index in [1.54, 1.807) is 6.08 Å². The van der Waals surface area contributed by atoms with E-state index in [4.69, 9.17) is 17.0 Å². The van der Waals surface area contributed by atoms with Crippen LogP contribution in [0.2, 0.25) is 0 Å². The van der Waals surface area contributed by atoms with Crippen molar-refractivity contribution in [3.8, 4) is 5.75 Å². The van der Waals surface area contributed by atoms with Gasteiger partial charge in [-0.3, -0.25) is 10.1 Å². The molecule has 5 heteroatoms. The van der Waals surface area contributed by atoms with Crippen molar-refractivity contribution < 1.29 is 9.53 Å². The summed E-state index contributed by atoms with van der Waals surface area (Å²) in [6, 6.07) is 7.57. The van der Waals surface area contributed by atoms with E-state index >= 15 is 0 Å². The number of hydrogen-bond acceptors (Lipinski definition) is 3. The van der Waals surface area contributed by atoms with Crippen LogP contribution in [-0.2, 0) is 4.79 Å². The van der Waals surface area contributed by atoms with Crippen LogP contribution in [0.3, 0.4) is 0 Å². The number of amides is 1. The molecule has 2 N–H and O–H groups in total. The number of nitrogens with one attached hydrogen (secondary N) is 2. The Labute approximate surface area is 150 Å². The SMILES string of the molecule is CCCCCCCNC(=S)NC(=O)/C=C/c1ccc(OCC)cc1. The summed E-state index contributed by atoms with van der Waals surface area (Å²) in [5, 5.41) is 6.09. The number of thiocarbonyl (C=S) groups is 1. The average molecular weight is 349 g/mol. The van der Waals surface area contributed by atoms with Gasteiger partial charge in [-0.25, -0.2) is 0 Å². The lowest BCUT2D eigenvalue weighted by molar-refractivity contribution is -0.115. The number of hydrogen-bond donors (Lipinski definition) is 2. The van der Waals surface area contributed by atoms with E-state index in [0.29, 0.717) is 11.7 Å². The molecule has 4 nitrogen and oxygen atoms in total. The van der Waals surface area contributed by atoms with Gasteiger partial charge in [0.15, 0.2) is 5.11 Å². The lowest BCUT2D eigenvalue weighted by atomic mass is 10.1. The highest BCUT2D eigenvalue weighted by Gasteiger charge is 2.00. The summed E-state index contributed by atoms with van der Waals surface area (Å²) >= 11 is 5.11. The highest BCUT2D eigenvalue weighted by molar-refractivity contribution is 7.80. The summed E-state index contributed by atoms with van der Waals surface area (Å²) in [5.74, 6) is 0.593. The Balaban J connectivity index is 2.25. The minimum Gasteiger partial charge on any atom is -0.494 e. The van der Waals surface area contributed by atoms with E-state index in [2.05, 4.69) is 17.6 Å². The van der Waals surface area contributed by atoms with Crippen LogP contribution < -0.4 is 15.4 Å². The topological polar surface area (TPSA) is 50.4 Å². The minimum absolute atomic E-state index is 0.229. The first kappa shape index (κ1) is 20.2. The molecule has 0 aliphatic rings. The molecule has 0 spiro atoms. The molecule has 0 heterocycles. The molecule has 24 heavy (non-hydrogen) atoms. The van der Waals surface area contributed by atoms with E-state index in [-0.39, 0.29) is 5.91 Å². The predicted octanol–water partition coefficient (Wildman–Crippen LogP) is 4.06. The maximum Gasteiger partial charge on any atom is 0.250 e. The van der Waals surface area contributed by atoms with Gasteiger partial charge in [0.1, 0.15) is 5.75 Å². The Hall–Kier alpha value is -1.88. The van der Waals surface area contributed by atoms with Crippen molar-refractivity contribution in [2.75, 3.05) is 13.2 Å². The van der Waals surface area contributed by atoms with E-state index in [1.165, 1.54) is 31.8 Å². The summed E-state index contributed by atoms with van der Waals surface area (Å²) in [6.07, 6.45) is 9.25. The smallest absolute Gasteiger partial charge is 0.250 e. The molecule has 0 saturated carbocycles. The van der Waals surface area contributed by atoms with Crippen LogP contribution in [0.25, 0.3) is 6.08 Å². The van der Waals surface area contributed by atoms with Crippen LogP contribution in [0.1, 0.15) is 51.5 Å². The fourth-order valence-corrected chi connectivity index (χ4v) is 2.34. The molecule has 132 valence electrons. The number of carbonyl (C=O) groups is 1. The van der Waals surface area contributed by atoms with E-state index in [9.17, 15) is 4.79 Å². The van der Waals surface area contributed by atoms with Gasteiger partial charge >= 0.3 is 0 Å². The second kappa shape index (κ2) is 12.5. The van der Waals surface area contributed by atoms with E-state index < -0.39 is 0 Å². The van der Waals surface area contributed by atoms with Crippen molar-refractivity contribution in [1.29, 1.82) is 0 Å². The van der Waals surface area contributed by atoms with Crippen LogP contribution in [0, 0.1) is 0 Å². The lowest BCUT2D eigenvalue weighted by Crippen LogP contribution is -2.38. The average Bonchev–Trinajstić information content (AvgIpc) is 2.57. The first-order valence-corrected chi connectivity index (χ1v) is 9.06. The van der Waals surface area contributed by atoms with Crippen LogP contribution in [0.15, 0.2) is 30.3 Å². The van der Waals surface area contributed by atoms with Crippen LogP contribution in [0.4, 0.5) is 0 Å². The molecule has 0 saturated heterocycles. The molecular weight excluding hydrogens is 320 g/mol. The second-order valence-corrected chi connectivity index (χ2v) is 5.90. The van der Waals surface area contributed by atoms with Crippen molar-refractivity contribution in [1.82, 2.24) is 10.6 Å². The molecule has 1 aromatic carbocycles. The van der Waals surface area contributed by atoms with Gasteiger partial charge in [0.05, 0.1) is 6.61 Å². The Bertz CT molecular complexity index is 527. The Kier molecular flexibility index (Phi) is 10.5. The zero-order valence-corrected chi connectivity index (χ0v) is 15.5. The van der Waals surface area contributed by atoms with Gasteiger partial charge in [-0.15, -0.1) is 0 Å². The maximum atomic E-state index is 11.8. The Morgan fingerprint density at radius 3 is 2.50 bits per heavy atom. The maximum absolute atomic E-state index is 11.8. The first-order valence-electron chi connectivity index (χ1n) is 8.65.